The van der Waals surface area contributed by atoms with Crippen LogP contribution in [-0.4, -0.2) is 58.8 Å². The highest BCUT2D eigenvalue weighted by atomic mass is 32.1. The third-order valence-electron chi connectivity index (χ3n) is 4.73. The number of hydrogen-bond donors (Lipinski definition) is 0. The zero-order valence-corrected chi connectivity index (χ0v) is 16.5. The Morgan fingerprint density at radius 1 is 1.24 bits per heavy atom. The molecule has 1 aliphatic heterocycles. The quantitative estimate of drug-likeness (QED) is 0.824. The Kier molecular flexibility index (Phi) is 4.92. The molecule has 2 aromatic rings. The van der Waals surface area contributed by atoms with Crippen LogP contribution in [0.2, 0.25) is 0 Å². The summed E-state index contributed by atoms with van der Waals surface area (Å²) in [6.07, 6.45) is 3.37. The Morgan fingerprint density at radius 2 is 1.92 bits per heavy atom. The summed E-state index contributed by atoms with van der Waals surface area (Å²) in [7, 11) is 3.49. The molecule has 134 valence electrons. The zero-order chi connectivity index (χ0) is 18.2. The largest absolute Gasteiger partial charge is 0.344 e. The molecule has 2 aromatic heterocycles. The van der Waals surface area contributed by atoms with Crippen molar-refractivity contribution in [2.45, 2.75) is 32.1 Å². The van der Waals surface area contributed by atoms with E-state index in [-0.39, 0.29) is 17.2 Å². The molecule has 0 radical (unpaired) electrons. The number of likely N-dealkylation sites (tertiary alicyclic amines) is 1. The molecular formula is C17H22N4O2S2. The SMILES string of the molecule is Cc1ncsc1C(=O)N1CCC(C)(c2ncc(C(=O)N(C)C)s2)CC1. The van der Waals surface area contributed by atoms with Crippen LogP contribution in [0.3, 0.4) is 0 Å². The first-order valence-corrected chi connectivity index (χ1v) is 9.89. The number of carbonyl (C=O) groups is 2. The van der Waals surface area contributed by atoms with Crippen molar-refractivity contribution in [2.75, 3.05) is 27.2 Å². The highest BCUT2D eigenvalue weighted by molar-refractivity contribution is 7.13. The minimum absolute atomic E-state index is 0.0133. The van der Waals surface area contributed by atoms with Crippen molar-refractivity contribution in [1.82, 2.24) is 19.8 Å². The average Bonchev–Trinajstić information content (AvgIpc) is 3.23. The van der Waals surface area contributed by atoms with Crippen LogP contribution in [0.25, 0.3) is 0 Å². The first-order chi connectivity index (χ1) is 11.8. The molecule has 0 aliphatic carbocycles. The van der Waals surface area contributed by atoms with Crippen molar-refractivity contribution in [1.29, 1.82) is 0 Å². The number of aryl methyl sites for hydroxylation is 1. The number of amides is 2. The van der Waals surface area contributed by atoms with E-state index in [0.29, 0.717) is 18.0 Å². The molecule has 6 nitrogen and oxygen atoms in total. The van der Waals surface area contributed by atoms with Gasteiger partial charge in [-0.05, 0) is 19.8 Å². The van der Waals surface area contributed by atoms with Gasteiger partial charge in [0.15, 0.2) is 0 Å². The molecule has 0 N–H and O–H groups in total. The smallest absolute Gasteiger partial charge is 0.265 e. The van der Waals surface area contributed by atoms with E-state index in [1.54, 1.807) is 30.7 Å². The topological polar surface area (TPSA) is 66.4 Å². The summed E-state index contributed by atoms with van der Waals surface area (Å²) in [6.45, 7) is 5.44. The molecule has 0 saturated carbocycles. The normalized spacial score (nSPS) is 16.7. The van der Waals surface area contributed by atoms with E-state index in [1.807, 2.05) is 11.8 Å². The lowest BCUT2D eigenvalue weighted by molar-refractivity contribution is 0.0679. The van der Waals surface area contributed by atoms with Crippen molar-refractivity contribution in [3.05, 3.63) is 32.2 Å². The van der Waals surface area contributed by atoms with Gasteiger partial charge < -0.3 is 9.80 Å². The first-order valence-electron chi connectivity index (χ1n) is 8.19. The van der Waals surface area contributed by atoms with E-state index in [9.17, 15) is 9.59 Å². The third-order valence-corrected chi connectivity index (χ3v) is 6.94. The molecule has 0 unspecified atom stereocenters. The van der Waals surface area contributed by atoms with Crippen molar-refractivity contribution in [3.8, 4) is 0 Å². The number of hydrogen-bond acceptors (Lipinski definition) is 6. The van der Waals surface area contributed by atoms with Crippen LogP contribution in [0.1, 0.15) is 49.8 Å². The Bertz CT molecular complexity index is 788. The molecule has 0 bridgehead atoms. The minimum atomic E-state index is -0.0883. The fourth-order valence-electron chi connectivity index (χ4n) is 2.94. The van der Waals surface area contributed by atoms with Gasteiger partial charge in [0.05, 0.1) is 22.4 Å². The van der Waals surface area contributed by atoms with E-state index >= 15 is 0 Å². The number of carbonyl (C=O) groups excluding carboxylic acids is 2. The monoisotopic (exact) mass is 378 g/mol. The molecule has 8 heteroatoms. The maximum absolute atomic E-state index is 12.6. The van der Waals surface area contributed by atoms with Gasteiger partial charge in [-0.3, -0.25) is 9.59 Å². The van der Waals surface area contributed by atoms with Gasteiger partial charge in [0, 0.05) is 32.6 Å². The molecule has 1 aliphatic rings. The van der Waals surface area contributed by atoms with E-state index in [1.165, 1.54) is 22.7 Å². The van der Waals surface area contributed by atoms with Crippen LogP contribution in [0.4, 0.5) is 0 Å². The lowest BCUT2D eigenvalue weighted by Gasteiger charge is -2.38. The summed E-state index contributed by atoms with van der Waals surface area (Å²) < 4.78 is 0. The zero-order valence-electron chi connectivity index (χ0n) is 14.9. The van der Waals surface area contributed by atoms with Gasteiger partial charge >= 0.3 is 0 Å². The molecule has 3 rings (SSSR count). The van der Waals surface area contributed by atoms with E-state index in [4.69, 9.17) is 0 Å². The summed E-state index contributed by atoms with van der Waals surface area (Å²) >= 11 is 2.87. The van der Waals surface area contributed by atoms with Crippen LogP contribution in [0, 0.1) is 6.92 Å². The van der Waals surface area contributed by atoms with Crippen LogP contribution in [0.5, 0.6) is 0 Å². The summed E-state index contributed by atoms with van der Waals surface area (Å²) in [5.74, 6) is 0.0605. The number of rotatable bonds is 3. The summed E-state index contributed by atoms with van der Waals surface area (Å²) in [5.41, 5.74) is 2.43. The summed E-state index contributed by atoms with van der Waals surface area (Å²) in [4.78, 5) is 38.3. The predicted octanol–water partition coefficient (Wildman–Crippen LogP) is 2.80. The molecule has 0 aromatic carbocycles. The Hall–Kier alpha value is -1.80. The first kappa shape index (κ1) is 18.0. The Morgan fingerprint density at radius 3 is 2.48 bits per heavy atom. The fraction of sp³-hybridized carbons (Fsp3) is 0.529. The van der Waals surface area contributed by atoms with Gasteiger partial charge in [-0.25, -0.2) is 9.97 Å². The molecule has 0 spiro atoms. The molecule has 3 heterocycles. The molecule has 0 atom stereocenters. The van der Waals surface area contributed by atoms with E-state index < -0.39 is 0 Å². The standard InChI is InChI=1S/C17H22N4O2S2/c1-11-13(24-10-19-11)15(23)21-7-5-17(2,6-8-21)16-18-9-12(25-16)14(22)20(3)4/h9-10H,5-8H2,1-4H3. The van der Waals surface area contributed by atoms with Crippen LogP contribution in [0.15, 0.2) is 11.7 Å². The second-order valence-electron chi connectivity index (χ2n) is 6.85. The average molecular weight is 379 g/mol. The van der Waals surface area contributed by atoms with Gasteiger partial charge in [0.1, 0.15) is 9.75 Å². The minimum Gasteiger partial charge on any atom is -0.344 e. The van der Waals surface area contributed by atoms with Crippen molar-refractivity contribution in [3.63, 3.8) is 0 Å². The lowest BCUT2D eigenvalue weighted by atomic mass is 9.81. The number of nitrogens with zero attached hydrogens (tertiary/aromatic N) is 4. The summed E-state index contributed by atoms with van der Waals surface area (Å²) in [5, 5.41) is 0.985. The van der Waals surface area contributed by atoms with Crippen LogP contribution in [-0.2, 0) is 5.41 Å². The Balaban J connectivity index is 1.69. The van der Waals surface area contributed by atoms with Gasteiger partial charge in [0.2, 0.25) is 0 Å². The predicted molar refractivity (Wildman–Crippen MR) is 99.5 cm³/mol. The van der Waals surface area contributed by atoms with Crippen molar-refractivity contribution >= 4 is 34.5 Å². The van der Waals surface area contributed by atoms with Crippen molar-refractivity contribution < 1.29 is 9.59 Å². The van der Waals surface area contributed by atoms with Gasteiger partial charge in [-0.2, -0.15) is 0 Å². The molecule has 2 amide bonds. The number of thiazole rings is 2. The van der Waals surface area contributed by atoms with Crippen LogP contribution >= 0.6 is 22.7 Å². The lowest BCUT2D eigenvalue weighted by Crippen LogP contribution is -2.43. The second kappa shape index (κ2) is 6.84. The molecule has 25 heavy (non-hydrogen) atoms. The summed E-state index contributed by atoms with van der Waals surface area (Å²) in [6, 6.07) is 0. The third kappa shape index (κ3) is 3.46. The molecule has 1 fully saturated rings. The second-order valence-corrected chi connectivity index (χ2v) is 8.73. The maximum atomic E-state index is 12.6. The Labute approximate surface area is 155 Å². The highest BCUT2D eigenvalue weighted by Crippen LogP contribution is 2.38. The van der Waals surface area contributed by atoms with Gasteiger partial charge in [0.25, 0.3) is 11.8 Å². The molecular weight excluding hydrogens is 356 g/mol. The maximum Gasteiger partial charge on any atom is 0.265 e. The fourth-order valence-corrected chi connectivity index (χ4v) is 4.85. The molecule has 1 saturated heterocycles. The van der Waals surface area contributed by atoms with Crippen molar-refractivity contribution in [2.24, 2.45) is 0 Å². The van der Waals surface area contributed by atoms with Crippen LogP contribution < -0.4 is 0 Å². The van der Waals surface area contributed by atoms with Gasteiger partial charge in [-0.15, -0.1) is 22.7 Å². The van der Waals surface area contributed by atoms with Gasteiger partial charge in [-0.1, -0.05) is 6.92 Å². The van der Waals surface area contributed by atoms with E-state index in [0.717, 1.165) is 28.4 Å². The van der Waals surface area contributed by atoms with E-state index in [2.05, 4.69) is 16.9 Å². The highest BCUT2D eigenvalue weighted by Gasteiger charge is 2.36. The number of piperidine rings is 1. The number of aromatic nitrogens is 2.